The van der Waals surface area contributed by atoms with Gasteiger partial charge in [0.05, 0.1) is 13.2 Å². The summed E-state index contributed by atoms with van der Waals surface area (Å²) in [6, 6.07) is 9.35. The maximum atomic E-state index is 5.70. The molecule has 0 radical (unpaired) electrons. The summed E-state index contributed by atoms with van der Waals surface area (Å²) in [6.45, 7) is 1.31. The molecule has 3 rings (SSSR count). The Bertz CT molecular complexity index is 520. The number of rotatable bonds is 3. The van der Waals surface area contributed by atoms with Crippen molar-refractivity contribution >= 4 is 5.88 Å². The van der Waals surface area contributed by atoms with Gasteiger partial charge >= 0.3 is 0 Å². The molecule has 1 aromatic carbocycles. The van der Waals surface area contributed by atoms with Crippen molar-refractivity contribution in [3.8, 4) is 17.0 Å². The topological polar surface area (TPSA) is 70.5 Å². The largest absolute Gasteiger partial charge is 0.486 e. The summed E-state index contributed by atoms with van der Waals surface area (Å²) in [5.41, 5.74) is 7.11. The first kappa shape index (κ1) is 10.2. The highest BCUT2D eigenvalue weighted by Gasteiger charge is 2.20. The number of ether oxygens (including phenoxy) is 2. The lowest BCUT2D eigenvalue weighted by atomic mass is 10.1. The number of anilines is 1. The molecule has 0 aliphatic carbocycles. The SMILES string of the molecule is Nc1cc(-c2cccc(OC3COC3)c2)no1. The van der Waals surface area contributed by atoms with Crippen LogP contribution in [0.3, 0.4) is 0 Å². The van der Waals surface area contributed by atoms with Gasteiger partial charge in [0.1, 0.15) is 17.5 Å². The van der Waals surface area contributed by atoms with Gasteiger partial charge in [-0.2, -0.15) is 0 Å². The van der Waals surface area contributed by atoms with E-state index >= 15 is 0 Å². The van der Waals surface area contributed by atoms with E-state index in [0.29, 0.717) is 24.8 Å². The van der Waals surface area contributed by atoms with Crippen LogP contribution < -0.4 is 10.5 Å². The molecule has 2 aromatic rings. The molecule has 17 heavy (non-hydrogen) atoms. The van der Waals surface area contributed by atoms with Crippen LogP contribution in [0.25, 0.3) is 11.3 Å². The smallest absolute Gasteiger partial charge is 0.222 e. The minimum atomic E-state index is 0.160. The summed E-state index contributed by atoms with van der Waals surface area (Å²) < 4.78 is 15.6. The maximum Gasteiger partial charge on any atom is 0.222 e. The summed E-state index contributed by atoms with van der Waals surface area (Å²) in [7, 11) is 0. The van der Waals surface area contributed by atoms with Crippen LogP contribution in [0, 0.1) is 0 Å². The normalized spacial score (nSPS) is 15.5. The van der Waals surface area contributed by atoms with Gasteiger partial charge in [-0.25, -0.2) is 0 Å². The van der Waals surface area contributed by atoms with Crippen LogP contribution >= 0.6 is 0 Å². The summed E-state index contributed by atoms with van der Waals surface area (Å²) in [4.78, 5) is 0. The first-order valence-corrected chi connectivity index (χ1v) is 5.38. The molecule has 1 saturated heterocycles. The minimum Gasteiger partial charge on any atom is -0.486 e. The fourth-order valence-electron chi connectivity index (χ4n) is 1.63. The van der Waals surface area contributed by atoms with E-state index in [0.717, 1.165) is 11.3 Å². The third-order valence-corrected chi connectivity index (χ3v) is 2.57. The number of hydrogen-bond acceptors (Lipinski definition) is 5. The molecule has 5 nitrogen and oxygen atoms in total. The molecule has 0 saturated carbocycles. The summed E-state index contributed by atoms with van der Waals surface area (Å²) in [6.07, 6.45) is 0.160. The van der Waals surface area contributed by atoms with Crippen LogP contribution in [0.4, 0.5) is 5.88 Å². The van der Waals surface area contributed by atoms with E-state index in [1.807, 2.05) is 24.3 Å². The number of aromatic nitrogens is 1. The standard InChI is InChI=1S/C12H12N2O3/c13-12-5-11(14-17-12)8-2-1-3-9(4-8)16-10-6-15-7-10/h1-5,10H,6-7,13H2. The minimum absolute atomic E-state index is 0.160. The molecule has 5 heteroatoms. The molecule has 2 N–H and O–H groups in total. The number of hydrogen-bond donors (Lipinski definition) is 1. The van der Waals surface area contributed by atoms with E-state index in [4.69, 9.17) is 19.7 Å². The number of nitrogens with zero attached hydrogens (tertiary/aromatic N) is 1. The Hall–Kier alpha value is -2.01. The van der Waals surface area contributed by atoms with Crippen molar-refractivity contribution in [2.45, 2.75) is 6.10 Å². The molecule has 1 fully saturated rings. The van der Waals surface area contributed by atoms with Gasteiger partial charge in [-0.1, -0.05) is 17.3 Å². The van der Waals surface area contributed by atoms with Gasteiger partial charge in [-0.3, -0.25) is 0 Å². The predicted molar refractivity (Wildman–Crippen MR) is 61.6 cm³/mol. The third kappa shape index (κ3) is 2.09. The average molecular weight is 232 g/mol. The molecule has 1 aliphatic heterocycles. The second-order valence-corrected chi connectivity index (χ2v) is 3.92. The lowest BCUT2D eigenvalue weighted by Gasteiger charge is -2.26. The van der Waals surface area contributed by atoms with Crippen LogP contribution in [0.2, 0.25) is 0 Å². The Labute approximate surface area is 98.1 Å². The van der Waals surface area contributed by atoms with Crippen molar-refractivity contribution in [2.24, 2.45) is 0 Å². The Balaban J connectivity index is 1.82. The molecule has 0 spiro atoms. The molecule has 0 amide bonds. The van der Waals surface area contributed by atoms with E-state index in [9.17, 15) is 0 Å². The molecule has 0 atom stereocenters. The van der Waals surface area contributed by atoms with Gasteiger partial charge < -0.3 is 19.7 Å². The van der Waals surface area contributed by atoms with Gasteiger partial charge in [-0.15, -0.1) is 0 Å². The van der Waals surface area contributed by atoms with Gasteiger partial charge in [0.2, 0.25) is 5.88 Å². The molecule has 88 valence electrons. The monoisotopic (exact) mass is 232 g/mol. The summed E-state index contributed by atoms with van der Waals surface area (Å²) in [5.74, 6) is 1.11. The van der Waals surface area contributed by atoms with Crippen LogP contribution in [-0.2, 0) is 4.74 Å². The Morgan fingerprint density at radius 1 is 1.29 bits per heavy atom. The summed E-state index contributed by atoms with van der Waals surface area (Å²) >= 11 is 0. The van der Waals surface area contributed by atoms with Crippen molar-refractivity contribution in [1.29, 1.82) is 0 Å². The highest BCUT2D eigenvalue weighted by atomic mass is 16.6. The van der Waals surface area contributed by atoms with Crippen molar-refractivity contribution in [1.82, 2.24) is 5.16 Å². The van der Waals surface area contributed by atoms with E-state index < -0.39 is 0 Å². The second-order valence-electron chi connectivity index (χ2n) is 3.92. The van der Waals surface area contributed by atoms with Crippen molar-refractivity contribution < 1.29 is 14.0 Å². The van der Waals surface area contributed by atoms with Gasteiger partial charge in [0.15, 0.2) is 0 Å². The highest BCUT2D eigenvalue weighted by molar-refractivity contribution is 5.62. The van der Waals surface area contributed by atoms with Crippen LogP contribution in [-0.4, -0.2) is 24.5 Å². The molecule has 2 heterocycles. The molecular weight excluding hydrogens is 220 g/mol. The van der Waals surface area contributed by atoms with E-state index in [-0.39, 0.29) is 6.10 Å². The van der Waals surface area contributed by atoms with Crippen molar-refractivity contribution in [3.63, 3.8) is 0 Å². The number of benzene rings is 1. The van der Waals surface area contributed by atoms with E-state index in [1.165, 1.54) is 0 Å². The van der Waals surface area contributed by atoms with Crippen LogP contribution in [0.15, 0.2) is 34.9 Å². The van der Waals surface area contributed by atoms with E-state index in [2.05, 4.69) is 5.16 Å². The Kier molecular flexibility index (Phi) is 2.45. The van der Waals surface area contributed by atoms with Gasteiger partial charge in [0, 0.05) is 11.6 Å². The average Bonchev–Trinajstić information content (AvgIpc) is 2.71. The Morgan fingerprint density at radius 3 is 2.82 bits per heavy atom. The lowest BCUT2D eigenvalue weighted by Crippen LogP contribution is -2.38. The maximum absolute atomic E-state index is 5.70. The number of nitrogens with two attached hydrogens (primary N) is 1. The fraction of sp³-hybridized carbons (Fsp3) is 0.250. The highest BCUT2D eigenvalue weighted by Crippen LogP contribution is 2.25. The third-order valence-electron chi connectivity index (χ3n) is 2.57. The fourth-order valence-corrected chi connectivity index (χ4v) is 1.63. The zero-order valence-electron chi connectivity index (χ0n) is 9.13. The Morgan fingerprint density at radius 2 is 2.18 bits per heavy atom. The number of nitrogen functional groups attached to an aromatic ring is 1. The molecule has 1 aromatic heterocycles. The van der Waals surface area contributed by atoms with Crippen LogP contribution in [0.1, 0.15) is 0 Å². The van der Waals surface area contributed by atoms with Gasteiger partial charge in [-0.05, 0) is 12.1 Å². The zero-order chi connectivity index (χ0) is 11.7. The molecule has 0 bridgehead atoms. The summed E-state index contributed by atoms with van der Waals surface area (Å²) in [5, 5.41) is 3.86. The van der Waals surface area contributed by atoms with Crippen LogP contribution in [0.5, 0.6) is 5.75 Å². The first-order valence-electron chi connectivity index (χ1n) is 5.38. The van der Waals surface area contributed by atoms with E-state index in [1.54, 1.807) is 6.07 Å². The molecule has 1 aliphatic rings. The lowest BCUT2D eigenvalue weighted by molar-refractivity contribution is -0.0796. The second kappa shape index (κ2) is 4.10. The molecular formula is C12H12N2O3. The quantitative estimate of drug-likeness (QED) is 0.872. The predicted octanol–water partition coefficient (Wildman–Crippen LogP) is 1.70. The first-order chi connectivity index (χ1) is 8.31. The molecule has 0 unspecified atom stereocenters. The van der Waals surface area contributed by atoms with Crippen molar-refractivity contribution in [2.75, 3.05) is 18.9 Å². The zero-order valence-corrected chi connectivity index (χ0v) is 9.13. The van der Waals surface area contributed by atoms with Crippen molar-refractivity contribution in [3.05, 3.63) is 30.3 Å². The van der Waals surface area contributed by atoms with Gasteiger partial charge in [0.25, 0.3) is 0 Å².